The van der Waals surface area contributed by atoms with E-state index < -0.39 is 0 Å². The van der Waals surface area contributed by atoms with Crippen molar-refractivity contribution in [2.45, 2.75) is 6.54 Å². The highest BCUT2D eigenvalue weighted by atomic mass is 16.5. The maximum absolute atomic E-state index is 12.6. The lowest BCUT2D eigenvalue weighted by molar-refractivity contribution is 0.0950. The summed E-state index contributed by atoms with van der Waals surface area (Å²) in [7, 11) is 3.20. The van der Waals surface area contributed by atoms with Gasteiger partial charge in [0.25, 0.3) is 5.91 Å². The molecule has 1 heterocycles. The minimum Gasteiger partial charge on any atom is -0.497 e. The van der Waals surface area contributed by atoms with Gasteiger partial charge in [-0.05, 0) is 42.5 Å². The van der Waals surface area contributed by atoms with Gasteiger partial charge in [-0.2, -0.15) is 0 Å². The van der Waals surface area contributed by atoms with Gasteiger partial charge in [-0.15, -0.1) is 0 Å². The largest absolute Gasteiger partial charge is 0.497 e. The van der Waals surface area contributed by atoms with Crippen molar-refractivity contribution in [1.82, 2.24) is 15.3 Å². The fourth-order valence-electron chi connectivity index (χ4n) is 3.34. The van der Waals surface area contributed by atoms with Crippen LogP contribution in [0.15, 0.2) is 85.2 Å². The minimum absolute atomic E-state index is 0.181. The van der Waals surface area contributed by atoms with Gasteiger partial charge in [-0.3, -0.25) is 4.79 Å². The smallest absolute Gasteiger partial charge is 0.251 e. The molecule has 0 saturated heterocycles. The van der Waals surface area contributed by atoms with E-state index in [1.165, 1.54) is 6.33 Å². The number of aromatic nitrogens is 2. The van der Waals surface area contributed by atoms with Crippen LogP contribution in [0.3, 0.4) is 0 Å². The maximum Gasteiger partial charge on any atom is 0.251 e. The molecule has 0 radical (unpaired) electrons. The van der Waals surface area contributed by atoms with Crippen LogP contribution in [-0.2, 0) is 6.54 Å². The van der Waals surface area contributed by atoms with Crippen LogP contribution >= 0.6 is 0 Å². The summed E-state index contributed by atoms with van der Waals surface area (Å²) in [5.74, 6) is 1.89. The maximum atomic E-state index is 12.6. The predicted molar refractivity (Wildman–Crippen MR) is 128 cm³/mol. The Morgan fingerprint density at radius 2 is 1.67 bits per heavy atom. The van der Waals surface area contributed by atoms with E-state index in [1.54, 1.807) is 26.4 Å². The summed E-state index contributed by atoms with van der Waals surface area (Å²) in [5.41, 5.74) is 4.05. The van der Waals surface area contributed by atoms with E-state index in [4.69, 9.17) is 9.47 Å². The third-order valence-electron chi connectivity index (χ3n) is 5.08. The van der Waals surface area contributed by atoms with E-state index in [0.29, 0.717) is 29.4 Å². The molecule has 33 heavy (non-hydrogen) atoms. The Morgan fingerprint density at radius 3 is 2.39 bits per heavy atom. The van der Waals surface area contributed by atoms with E-state index >= 15 is 0 Å². The molecule has 4 rings (SSSR count). The zero-order valence-electron chi connectivity index (χ0n) is 18.4. The molecule has 3 aromatic carbocycles. The fraction of sp³-hybridized carbons (Fsp3) is 0.115. The summed E-state index contributed by atoms with van der Waals surface area (Å²) >= 11 is 0. The van der Waals surface area contributed by atoms with E-state index in [2.05, 4.69) is 20.6 Å². The number of hydrogen-bond donors (Lipinski definition) is 2. The van der Waals surface area contributed by atoms with E-state index in [9.17, 15) is 4.79 Å². The van der Waals surface area contributed by atoms with Gasteiger partial charge >= 0.3 is 0 Å². The Hall–Kier alpha value is -4.39. The molecule has 166 valence electrons. The van der Waals surface area contributed by atoms with Crippen molar-refractivity contribution in [3.63, 3.8) is 0 Å². The lowest BCUT2D eigenvalue weighted by Crippen LogP contribution is -2.23. The van der Waals surface area contributed by atoms with Gasteiger partial charge < -0.3 is 20.1 Å². The molecule has 2 N–H and O–H groups in total. The van der Waals surface area contributed by atoms with Crippen LogP contribution in [0.25, 0.3) is 11.3 Å². The minimum atomic E-state index is -0.181. The van der Waals surface area contributed by atoms with E-state index in [0.717, 1.165) is 22.5 Å². The Balaban J connectivity index is 1.40. The first-order chi connectivity index (χ1) is 16.2. The Kier molecular flexibility index (Phi) is 6.80. The molecular weight excluding hydrogens is 416 g/mol. The molecule has 0 saturated carbocycles. The Morgan fingerprint density at radius 1 is 0.879 bits per heavy atom. The highest BCUT2D eigenvalue weighted by Crippen LogP contribution is 2.24. The first-order valence-corrected chi connectivity index (χ1v) is 10.4. The van der Waals surface area contributed by atoms with Crippen molar-refractivity contribution in [2.75, 3.05) is 19.5 Å². The average Bonchev–Trinajstić information content (AvgIpc) is 2.88. The third kappa shape index (κ3) is 5.46. The molecule has 7 nitrogen and oxygen atoms in total. The van der Waals surface area contributed by atoms with Crippen LogP contribution in [-0.4, -0.2) is 30.1 Å². The van der Waals surface area contributed by atoms with Gasteiger partial charge in [-0.1, -0.05) is 30.3 Å². The second kappa shape index (κ2) is 10.3. The quantitative estimate of drug-likeness (QED) is 0.408. The number of methoxy groups -OCH3 is 2. The lowest BCUT2D eigenvalue weighted by Gasteiger charge is -2.12. The fourth-order valence-corrected chi connectivity index (χ4v) is 3.34. The molecule has 0 aliphatic carbocycles. The summed E-state index contributed by atoms with van der Waals surface area (Å²) in [6.45, 7) is 0.322. The number of ether oxygens (including phenoxy) is 2. The van der Waals surface area contributed by atoms with Gasteiger partial charge in [0.1, 0.15) is 23.6 Å². The third-order valence-corrected chi connectivity index (χ3v) is 5.08. The molecule has 0 bridgehead atoms. The lowest BCUT2D eigenvalue weighted by atomic mass is 10.1. The number of carbonyl (C=O) groups excluding carboxylic acids is 1. The van der Waals surface area contributed by atoms with Crippen molar-refractivity contribution in [2.24, 2.45) is 0 Å². The summed E-state index contributed by atoms with van der Waals surface area (Å²) < 4.78 is 10.6. The van der Waals surface area contributed by atoms with Crippen LogP contribution in [0.4, 0.5) is 11.5 Å². The van der Waals surface area contributed by atoms with Gasteiger partial charge in [-0.25, -0.2) is 9.97 Å². The molecule has 0 fully saturated rings. The van der Waals surface area contributed by atoms with E-state index in [-0.39, 0.29) is 5.91 Å². The molecule has 0 aliphatic heterocycles. The number of hydrogen-bond acceptors (Lipinski definition) is 6. The summed E-state index contributed by atoms with van der Waals surface area (Å²) in [6, 6.07) is 24.5. The molecule has 1 aromatic heterocycles. The van der Waals surface area contributed by atoms with Crippen molar-refractivity contribution in [1.29, 1.82) is 0 Å². The SMILES string of the molecule is COc1ccc(OC)c(CNC(=O)c2ccc(Nc3cc(-c4ccccc4)ncn3)cc2)c1. The van der Waals surface area contributed by atoms with Crippen molar-refractivity contribution >= 4 is 17.4 Å². The summed E-state index contributed by atoms with van der Waals surface area (Å²) in [4.78, 5) is 21.2. The van der Waals surface area contributed by atoms with Crippen molar-refractivity contribution < 1.29 is 14.3 Å². The number of amides is 1. The van der Waals surface area contributed by atoms with Gasteiger partial charge in [0.2, 0.25) is 0 Å². The summed E-state index contributed by atoms with van der Waals surface area (Å²) in [6.07, 6.45) is 1.53. The second-order valence-corrected chi connectivity index (χ2v) is 7.22. The zero-order chi connectivity index (χ0) is 23.0. The first kappa shape index (κ1) is 21.8. The van der Waals surface area contributed by atoms with Crippen LogP contribution in [0.2, 0.25) is 0 Å². The first-order valence-electron chi connectivity index (χ1n) is 10.4. The second-order valence-electron chi connectivity index (χ2n) is 7.22. The zero-order valence-corrected chi connectivity index (χ0v) is 18.4. The highest BCUT2D eigenvalue weighted by Gasteiger charge is 2.10. The van der Waals surface area contributed by atoms with Crippen LogP contribution in [0, 0.1) is 0 Å². The number of rotatable bonds is 8. The van der Waals surface area contributed by atoms with Crippen LogP contribution in [0.5, 0.6) is 11.5 Å². The Bertz CT molecular complexity index is 1230. The van der Waals surface area contributed by atoms with Crippen LogP contribution in [0.1, 0.15) is 15.9 Å². The predicted octanol–water partition coefficient (Wildman–Crippen LogP) is 4.83. The van der Waals surface area contributed by atoms with Gasteiger partial charge in [0.05, 0.1) is 19.9 Å². The van der Waals surface area contributed by atoms with E-state index in [1.807, 2.05) is 66.7 Å². The topological polar surface area (TPSA) is 85.4 Å². The van der Waals surface area contributed by atoms with Gasteiger partial charge in [0.15, 0.2) is 0 Å². The number of anilines is 2. The average molecular weight is 441 g/mol. The molecule has 0 spiro atoms. The molecular formula is C26H24N4O3. The number of carbonyl (C=O) groups is 1. The number of nitrogens with zero attached hydrogens (tertiary/aromatic N) is 2. The molecule has 4 aromatic rings. The Labute approximate surface area is 192 Å². The van der Waals surface area contributed by atoms with Crippen molar-refractivity contribution in [3.8, 4) is 22.8 Å². The molecule has 1 amide bonds. The van der Waals surface area contributed by atoms with Crippen LogP contribution < -0.4 is 20.1 Å². The van der Waals surface area contributed by atoms with Gasteiger partial charge in [0, 0.05) is 35.0 Å². The molecule has 0 unspecified atom stereocenters. The molecule has 7 heteroatoms. The van der Waals surface area contributed by atoms with Crippen molar-refractivity contribution in [3.05, 3.63) is 96.3 Å². The normalized spacial score (nSPS) is 10.4. The highest BCUT2D eigenvalue weighted by molar-refractivity contribution is 5.94. The monoisotopic (exact) mass is 440 g/mol. The number of benzene rings is 3. The number of nitrogens with one attached hydrogen (secondary N) is 2. The molecule has 0 atom stereocenters. The molecule has 0 aliphatic rings. The summed E-state index contributed by atoms with van der Waals surface area (Å²) in [5, 5.41) is 6.17. The standard InChI is InChI=1S/C26H24N4O3/c1-32-22-12-13-24(33-2)20(14-22)16-27-26(31)19-8-10-21(11-9-19)30-25-15-23(28-17-29-25)18-6-4-3-5-7-18/h3-15,17H,16H2,1-2H3,(H,27,31)(H,28,29,30).